The van der Waals surface area contributed by atoms with Crippen LogP contribution >= 0.6 is 15.9 Å². The van der Waals surface area contributed by atoms with Crippen molar-refractivity contribution in [2.45, 2.75) is 38.1 Å². The molecule has 1 saturated carbocycles. The molecule has 6 heteroatoms. The van der Waals surface area contributed by atoms with Crippen molar-refractivity contribution in [1.82, 2.24) is 5.32 Å². The van der Waals surface area contributed by atoms with E-state index in [-0.39, 0.29) is 5.76 Å². The zero-order valence-corrected chi connectivity index (χ0v) is 12.2. The molecule has 0 spiro atoms. The number of rotatable bonds is 3. The van der Waals surface area contributed by atoms with Gasteiger partial charge in [-0.25, -0.2) is 4.79 Å². The molecule has 0 radical (unpaired) electrons. The van der Waals surface area contributed by atoms with Crippen molar-refractivity contribution in [3.05, 3.63) is 22.6 Å². The Bertz CT molecular complexity index is 489. The molecule has 1 aromatic rings. The summed E-state index contributed by atoms with van der Waals surface area (Å²) in [6.45, 7) is 2.09. The largest absolute Gasteiger partial charge is 0.480 e. The van der Waals surface area contributed by atoms with Crippen LogP contribution in [0.1, 0.15) is 43.2 Å². The maximum absolute atomic E-state index is 12.1. The van der Waals surface area contributed by atoms with Gasteiger partial charge < -0.3 is 14.8 Å². The minimum Gasteiger partial charge on any atom is -0.480 e. The first-order chi connectivity index (χ1) is 8.94. The van der Waals surface area contributed by atoms with Gasteiger partial charge in [0.05, 0.1) is 10.7 Å². The second-order valence-corrected chi connectivity index (χ2v) is 5.98. The highest BCUT2D eigenvalue weighted by Crippen LogP contribution is 2.32. The van der Waals surface area contributed by atoms with Gasteiger partial charge in [0.15, 0.2) is 0 Å². The highest BCUT2D eigenvalue weighted by Gasteiger charge is 2.43. The molecule has 2 rings (SSSR count). The molecule has 0 aliphatic heterocycles. The molecule has 0 aromatic carbocycles. The molecular weight excluding hydrogens is 314 g/mol. The highest BCUT2D eigenvalue weighted by atomic mass is 79.9. The number of amides is 1. The minimum atomic E-state index is -1.17. The quantitative estimate of drug-likeness (QED) is 0.893. The van der Waals surface area contributed by atoms with E-state index in [1.54, 1.807) is 6.07 Å². The van der Waals surface area contributed by atoms with Crippen molar-refractivity contribution in [3.8, 4) is 0 Å². The Kier molecular flexibility index (Phi) is 3.99. The zero-order valence-electron chi connectivity index (χ0n) is 10.6. The van der Waals surface area contributed by atoms with Crippen LogP contribution in [0.5, 0.6) is 0 Å². The summed E-state index contributed by atoms with van der Waals surface area (Å²) in [7, 11) is 0. The summed E-state index contributed by atoms with van der Waals surface area (Å²) in [5.41, 5.74) is -1.17. The zero-order chi connectivity index (χ0) is 14.0. The molecule has 1 aliphatic carbocycles. The van der Waals surface area contributed by atoms with Crippen molar-refractivity contribution >= 4 is 27.8 Å². The predicted octanol–water partition coefficient (Wildman–Crippen LogP) is 2.81. The first-order valence-corrected chi connectivity index (χ1v) is 7.03. The Morgan fingerprint density at radius 1 is 1.47 bits per heavy atom. The Hall–Kier alpha value is -1.30. The second-order valence-electron chi connectivity index (χ2n) is 5.12. The minimum absolute atomic E-state index is 0.110. The van der Waals surface area contributed by atoms with Gasteiger partial charge in [-0.1, -0.05) is 6.92 Å². The molecule has 2 N–H and O–H groups in total. The second kappa shape index (κ2) is 5.36. The smallest absolute Gasteiger partial charge is 0.329 e. The first-order valence-electron chi connectivity index (χ1n) is 6.23. The number of hydrogen-bond donors (Lipinski definition) is 2. The number of carbonyl (C=O) groups is 2. The van der Waals surface area contributed by atoms with Crippen LogP contribution in [0.4, 0.5) is 0 Å². The standard InChI is InChI=1S/C13H16BrNO4/c1-8-2-5-13(6-3-8,12(17)18)15-11(16)10-9(14)4-7-19-10/h4,7-8H,2-3,5-6H2,1H3,(H,15,16)(H,17,18). The van der Waals surface area contributed by atoms with Crippen LogP contribution < -0.4 is 5.32 Å². The summed E-state index contributed by atoms with van der Waals surface area (Å²) in [4.78, 5) is 23.6. The molecule has 0 bridgehead atoms. The number of carboxylic acid groups (broad SMARTS) is 1. The van der Waals surface area contributed by atoms with Gasteiger partial charge in [-0.15, -0.1) is 0 Å². The van der Waals surface area contributed by atoms with E-state index >= 15 is 0 Å². The number of halogens is 1. The fourth-order valence-electron chi connectivity index (χ4n) is 2.38. The van der Waals surface area contributed by atoms with Crippen LogP contribution in [0.25, 0.3) is 0 Å². The molecule has 1 heterocycles. The first kappa shape index (κ1) is 14.1. The molecule has 5 nitrogen and oxygen atoms in total. The topological polar surface area (TPSA) is 79.5 Å². The van der Waals surface area contributed by atoms with Crippen LogP contribution in [0.3, 0.4) is 0 Å². The lowest BCUT2D eigenvalue weighted by molar-refractivity contribution is -0.146. The van der Waals surface area contributed by atoms with Gasteiger partial charge >= 0.3 is 5.97 Å². The lowest BCUT2D eigenvalue weighted by atomic mass is 9.77. The number of furan rings is 1. The Morgan fingerprint density at radius 3 is 2.58 bits per heavy atom. The summed E-state index contributed by atoms with van der Waals surface area (Å²) < 4.78 is 5.58. The summed E-state index contributed by atoms with van der Waals surface area (Å²) in [6, 6.07) is 1.60. The van der Waals surface area contributed by atoms with E-state index in [0.29, 0.717) is 23.2 Å². The van der Waals surface area contributed by atoms with Gasteiger partial charge in [0.1, 0.15) is 5.54 Å². The molecule has 1 aliphatic rings. The van der Waals surface area contributed by atoms with E-state index in [4.69, 9.17) is 4.42 Å². The molecule has 0 unspecified atom stereocenters. The van der Waals surface area contributed by atoms with Crippen LogP contribution in [-0.2, 0) is 4.79 Å². The highest BCUT2D eigenvalue weighted by molar-refractivity contribution is 9.10. The van der Waals surface area contributed by atoms with Gasteiger partial charge in [0.2, 0.25) is 5.76 Å². The van der Waals surface area contributed by atoms with Crippen molar-refractivity contribution < 1.29 is 19.1 Å². The number of nitrogens with one attached hydrogen (secondary N) is 1. The number of carboxylic acids is 1. The monoisotopic (exact) mass is 329 g/mol. The lowest BCUT2D eigenvalue weighted by Crippen LogP contribution is -2.56. The van der Waals surface area contributed by atoms with E-state index in [1.807, 2.05) is 0 Å². The van der Waals surface area contributed by atoms with E-state index < -0.39 is 17.4 Å². The molecule has 1 amide bonds. The Labute approximate surface area is 119 Å². The van der Waals surface area contributed by atoms with Crippen molar-refractivity contribution in [1.29, 1.82) is 0 Å². The SMILES string of the molecule is CC1CCC(NC(=O)c2occc2Br)(C(=O)O)CC1. The maximum Gasteiger partial charge on any atom is 0.329 e. The van der Waals surface area contributed by atoms with Crippen LogP contribution in [-0.4, -0.2) is 22.5 Å². The average Bonchev–Trinajstić information content (AvgIpc) is 2.78. The van der Waals surface area contributed by atoms with Crippen LogP contribution in [0.15, 0.2) is 21.2 Å². The third-order valence-electron chi connectivity index (χ3n) is 3.71. The van der Waals surface area contributed by atoms with Gasteiger partial charge in [0.25, 0.3) is 5.91 Å². The van der Waals surface area contributed by atoms with Crippen LogP contribution in [0, 0.1) is 5.92 Å². The third kappa shape index (κ3) is 2.83. The van der Waals surface area contributed by atoms with E-state index in [1.165, 1.54) is 6.26 Å². The summed E-state index contributed by atoms with van der Waals surface area (Å²) in [6.07, 6.45) is 3.88. The summed E-state index contributed by atoms with van der Waals surface area (Å²) in [5.74, 6) is -0.858. The normalized spacial score (nSPS) is 26.9. The lowest BCUT2D eigenvalue weighted by Gasteiger charge is -2.36. The van der Waals surface area contributed by atoms with Gasteiger partial charge in [-0.05, 0) is 53.6 Å². The van der Waals surface area contributed by atoms with Gasteiger partial charge in [0, 0.05) is 0 Å². The maximum atomic E-state index is 12.1. The third-order valence-corrected chi connectivity index (χ3v) is 4.34. The fourth-order valence-corrected chi connectivity index (χ4v) is 2.76. The Balaban J connectivity index is 2.16. The van der Waals surface area contributed by atoms with Gasteiger partial charge in [-0.3, -0.25) is 4.79 Å². The molecule has 19 heavy (non-hydrogen) atoms. The van der Waals surface area contributed by atoms with Crippen molar-refractivity contribution in [3.63, 3.8) is 0 Å². The van der Waals surface area contributed by atoms with Crippen molar-refractivity contribution in [2.24, 2.45) is 5.92 Å². The molecule has 0 atom stereocenters. The molecule has 1 fully saturated rings. The van der Waals surface area contributed by atoms with Crippen molar-refractivity contribution in [2.75, 3.05) is 0 Å². The average molecular weight is 330 g/mol. The Morgan fingerprint density at radius 2 is 2.11 bits per heavy atom. The summed E-state index contributed by atoms with van der Waals surface area (Å²) >= 11 is 3.19. The van der Waals surface area contributed by atoms with E-state index in [9.17, 15) is 14.7 Å². The molecule has 1 aromatic heterocycles. The molecular formula is C13H16BrNO4. The van der Waals surface area contributed by atoms with Gasteiger partial charge in [-0.2, -0.15) is 0 Å². The fraction of sp³-hybridized carbons (Fsp3) is 0.538. The molecule has 104 valence electrons. The molecule has 0 saturated heterocycles. The number of hydrogen-bond acceptors (Lipinski definition) is 3. The van der Waals surface area contributed by atoms with E-state index in [2.05, 4.69) is 28.2 Å². The van der Waals surface area contributed by atoms with Crippen LogP contribution in [0.2, 0.25) is 0 Å². The number of carbonyl (C=O) groups excluding carboxylic acids is 1. The predicted molar refractivity (Wildman–Crippen MR) is 71.9 cm³/mol. The number of aliphatic carboxylic acids is 1. The summed E-state index contributed by atoms with van der Waals surface area (Å²) in [5, 5.41) is 12.1. The van der Waals surface area contributed by atoms with E-state index in [0.717, 1.165) is 12.8 Å².